The van der Waals surface area contributed by atoms with Gasteiger partial charge in [0.1, 0.15) is 6.10 Å². The van der Waals surface area contributed by atoms with Crippen molar-refractivity contribution in [1.29, 1.82) is 0 Å². The summed E-state index contributed by atoms with van der Waals surface area (Å²) in [6.07, 6.45) is 4.86. The molecule has 2 rings (SSSR count). The number of rotatable bonds is 4. The normalized spacial score (nSPS) is 29.6. The molecule has 3 unspecified atom stereocenters. The number of nitrogens with zero attached hydrogens (tertiary/aromatic N) is 2. The van der Waals surface area contributed by atoms with Crippen LogP contribution in [-0.4, -0.2) is 74.5 Å². The summed E-state index contributed by atoms with van der Waals surface area (Å²) in [6.45, 7) is 6.57. The van der Waals surface area contributed by atoms with Gasteiger partial charge in [-0.1, -0.05) is 6.92 Å². The van der Waals surface area contributed by atoms with Crippen molar-refractivity contribution in [2.45, 2.75) is 37.2 Å². The van der Waals surface area contributed by atoms with Crippen molar-refractivity contribution in [1.82, 2.24) is 10.2 Å². The first-order valence-corrected chi connectivity index (χ1v) is 8.75. The van der Waals surface area contributed by atoms with E-state index in [1.54, 1.807) is 0 Å². The van der Waals surface area contributed by atoms with Crippen molar-refractivity contribution in [2.24, 2.45) is 4.99 Å². The van der Waals surface area contributed by atoms with Crippen LogP contribution in [0.15, 0.2) is 4.99 Å². The van der Waals surface area contributed by atoms with E-state index in [4.69, 9.17) is 9.47 Å². The van der Waals surface area contributed by atoms with E-state index in [2.05, 4.69) is 28.4 Å². The molecule has 2 saturated heterocycles. The van der Waals surface area contributed by atoms with E-state index < -0.39 is 0 Å². The van der Waals surface area contributed by atoms with Gasteiger partial charge in [0.25, 0.3) is 0 Å². The van der Waals surface area contributed by atoms with E-state index in [0.29, 0.717) is 5.25 Å². The lowest BCUT2D eigenvalue weighted by Gasteiger charge is -2.37. The lowest BCUT2D eigenvalue weighted by Crippen LogP contribution is -2.53. The Kier molecular flexibility index (Phi) is 6.45. The fraction of sp³-hybridized carbons (Fsp3) is 0.929. The molecule has 5 nitrogen and oxygen atoms in total. The van der Waals surface area contributed by atoms with Crippen molar-refractivity contribution in [3.8, 4) is 0 Å². The van der Waals surface area contributed by atoms with Crippen LogP contribution in [0.1, 0.15) is 19.8 Å². The number of guanidine groups is 1. The van der Waals surface area contributed by atoms with E-state index in [9.17, 15) is 0 Å². The molecule has 0 aromatic rings. The van der Waals surface area contributed by atoms with E-state index in [1.807, 2.05) is 18.8 Å². The molecule has 20 heavy (non-hydrogen) atoms. The second kappa shape index (κ2) is 8.10. The van der Waals surface area contributed by atoms with Gasteiger partial charge in [-0.05, 0) is 19.1 Å². The first-order valence-electron chi connectivity index (χ1n) is 7.46. The van der Waals surface area contributed by atoms with E-state index in [1.165, 1.54) is 0 Å². The number of ether oxygens (including phenoxy) is 2. The van der Waals surface area contributed by atoms with Gasteiger partial charge in [0.2, 0.25) is 0 Å². The average Bonchev–Trinajstić information content (AvgIpc) is 3.02. The summed E-state index contributed by atoms with van der Waals surface area (Å²) in [6, 6.07) is 0. The quantitative estimate of drug-likeness (QED) is 0.624. The molecule has 0 amide bonds. The molecule has 0 radical (unpaired) electrons. The highest BCUT2D eigenvalue weighted by atomic mass is 32.2. The molecule has 0 aromatic carbocycles. The molecule has 3 atom stereocenters. The summed E-state index contributed by atoms with van der Waals surface area (Å²) in [5.41, 5.74) is 0. The van der Waals surface area contributed by atoms with Gasteiger partial charge in [0, 0.05) is 38.5 Å². The van der Waals surface area contributed by atoms with Crippen molar-refractivity contribution in [3.63, 3.8) is 0 Å². The second-order valence-electron chi connectivity index (χ2n) is 5.38. The van der Waals surface area contributed by atoms with Crippen molar-refractivity contribution in [3.05, 3.63) is 0 Å². The van der Waals surface area contributed by atoms with Crippen LogP contribution >= 0.6 is 11.8 Å². The van der Waals surface area contributed by atoms with Gasteiger partial charge in [-0.3, -0.25) is 4.99 Å². The lowest BCUT2D eigenvalue weighted by atomic mass is 10.1. The molecular weight excluding hydrogens is 274 g/mol. The van der Waals surface area contributed by atoms with Gasteiger partial charge in [-0.25, -0.2) is 0 Å². The second-order valence-corrected chi connectivity index (χ2v) is 6.66. The fourth-order valence-electron chi connectivity index (χ4n) is 2.64. The van der Waals surface area contributed by atoms with Gasteiger partial charge >= 0.3 is 0 Å². The molecular formula is C14H27N3O2S. The van der Waals surface area contributed by atoms with Gasteiger partial charge in [0.15, 0.2) is 5.96 Å². The summed E-state index contributed by atoms with van der Waals surface area (Å²) in [4.78, 5) is 6.70. The maximum atomic E-state index is 5.88. The van der Waals surface area contributed by atoms with Gasteiger partial charge in [-0.2, -0.15) is 11.8 Å². The number of thioether (sulfide) groups is 1. The number of aliphatic imine (C=N–C) groups is 1. The number of nitrogens with one attached hydrogen (secondary N) is 1. The topological polar surface area (TPSA) is 46.1 Å². The van der Waals surface area contributed by atoms with Crippen LogP contribution in [0, 0.1) is 0 Å². The summed E-state index contributed by atoms with van der Waals surface area (Å²) in [5.74, 6) is 0.984. The molecule has 0 bridgehead atoms. The van der Waals surface area contributed by atoms with Crippen molar-refractivity contribution in [2.75, 3.05) is 46.2 Å². The molecule has 2 fully saturated rings. The predicted molar refractivity (Wildman–Crippen MR) is 84.6 cm³/mol. The highest BCUT2D eigenvalue weighted by Crippen LogP contribution is 2.21. The summed E-state index contributed by atoms with van der Waals surface area (Å²) >= 11 is 1.86. The molecule has 0 saturated carbocycles. The summed E-state index contributed by atoms with van der Waals surface area (Å²) in [5, 5.41) is 4.04. The lowest BCUT2D eigenvalue weighted by molar-refractivity contribution is -0.0816. The summed E-state index contributed by atoms with van der Waals surface area (Å²) in [7, 11) is 1.85. The third kappa shape index (κ3) is 4.27. The highest BCUT2D eigenvalue weighted by Gasteiger charge is 2.32. The third-order valence-corrected chi connectivity index (χ3v) is 4.91. The van der Waals surface area contributed by atoms with Gasteiger partial charge in [-0.15, -0.1) is 0 Å². The van der Waals surface area contributed by atoms with Gasteiger partial charge in [0.05, 0.1) is 12.7 Å². The molecule has 116 valence electrons. The zero-order valence-electron chi connectivity index (χ0n) is 12.8. The third-order valence-electron chi connectivity index (χ3n) is 3.93. The maximum Gasteiger partial charge on any atom is 0.193 e. The van der Waals surface area contributed by atoms with Crippen LogP contribution < -0.4 is 5.32 Å². The minimum atomic E-state index is 0.183. The van der Waals surface area contributed by atoms with E-state index in [0.717, 1.165) is 51.6 Å². The number of hydrogen-bond acceptors (Lipinski definition) is 4. The standard InChI is InChI=1S/C14H27N3O2S/c1-11(20-3)9-16-14(15-2)17-6-8-19-13(10-17)12-5-4-7-18-12/h11-13H,4-10H2,1-3H3,(H,15,16). The molecule has 1 N–H and O–H groups in total. The first-order chi connectivity index (χ1) is 9.74. The van der Waals surface area contributed by atoms with Crippen LogP contribution in [0.4, 0.5) is 0 Å². The maximum absolute atomic E-state index is 5.88. The number of morpholine rings is 1. The Labute approximate surface area is 126 Å². The van der Waals surface area contributed by atoms with Crippen LogP contribution in [-0.2, 0) is 9.47 Å². The van der Waals surface area contributed by atoms with Crippen LogP contribution in [0.2, 0.25) is 0 Å². The predicted octanol–water partition coefficient (Wildman–Crippen LogP) is 1.19. The smallest absolute Gasteiger partial charge is 0.193 e. The van der Waals surface area contributed by atoms with Crippen LogP contribution in [0.25, 0.3) is 0 Å². The van der Waals surface area contributed by atoms with E-state index >= 15 is 0 Å². The molecule has 2 heterocycles. The Morgan fingerprint density at radius 2 is 2.20 bits per heavy atom. The molecule has 2 aliphatic heterocycles. The molecule has 0 aliphatic carbocycles. The minimum absolute atomic E-state index is 0.183. The Bertz CT molecular complexity index is 322. The Hall–Kier alpha value is -0.460. The Balaban J connectivity index is 1.85. The summed E-state index contributed by atoms with van der Waals surface area (Å²) < 4.78 is 11.6. The van der Waals surface area contributed by atoms with Crippen molar-refractivity contribution < 1.29 is 9.47 Å². The SMILES string of the molecule is CN=C(NCC(C)SC)N1CCOC(C2CCCO2)C1. The Morgan fingerprint density at radius 3 is 2.85 bits per heavy atom. The van der Waals surface area contributed by atoms with Crippen LogP contribution in [0.3, 0.4) is 0 Å². The van der Waals surface area contributed by atoms with Gasteiger partial charge < -0.3 is 19.7 Å². The molecule has 2 aliphatic rings. The average molecular weight is 301 g/mol. The monoisotopic (exact) mass is 301 g/mol. The molecule has 0 spiro atoms. The van der Waals surface area contributed by atoms with Crippen molar-refractivity contribution >= 4 is 17.7 Å². The van der Waals surface area contributed by atoms with Crippen LogP contribution in [0.5, 0.6) is 0 Å². The minimum Gasteiger partial charge on any atom is -0.375 e. The first kappa shape index (κ1) is 15.9. The zero-order chi connectivity index (χ0) is 14.4. The largest absolute Gasteiger partial charge is 0.375 e. The highest BCUT2D eigenvalue weighted by molar-refractivity contribution is 7.99. The zero-order valence-corrected chi connectivity index (χ0v) is 13.6. The molecule has 6 heteroatoms. The molecule has 0 aromatic heterocycles. The fourth-order valence-corrected chi connectivity index (χ4v) is 2.89. The Morgan fingerprint density at radius 1 is 1.40 bits per heavy atom. The number of hydrogen-bond donors (Lipinski definition) is 1. The van der Waals surface area contributed by atoms with E-state index in [-0.39, 0.29) is 12.2 Å².